The van der Waals surface area contributed by atoms with Gasteiger partial charge in [-0.1, -0.05) is 36.7 Å². The van der Waals surface area contributed by atoms with Crippen molar-refractivity contribution in [2.24, 2.45) is 5.92 Å². The van der Waals surface area contributed by atoms with Crippen molar-refractivity contribution in [3.63, 3.8) is 0 Å². The Bertz CT molecular complexity index is 1320. The van der Waals surface area contributed by atoms with Gasteiger partial charge in [0, 0.05) is 46.0 Å². The largest absolute Gasteiger partial charge is 0.399 e. The van der Waals surface area contributed by atoms with E-state index in [0.717, 1.165) is 35.7 Å². The van der Waals surface area contributed by atoms with Crippen LogP contribution < -0.4 is 16.4 Å². The third-order valence-corrected chi connectivity index (χ3v) is 6.65. The molecule has 2 heterocycles. The molecule has 0 unspecified atom stereocenters. The summed E-state index contributed by atoms with van der Waals surface area (Å²) in [5, 5.41) is 8.22. The molecule has 7 nitrogen and oxygen atoms in total. The minimum Gasteiger partial charge on any atom is -0.399 e. The maximum absolute atomic E-state index is 12.7. The molecule has 174 valence electrons. The number of nitrogen functional groups attached to an aromatic ring is 1. The van der Waals surface area contributed by atoms with E-state index in [0.29, 0.717) is 33.8 Å². The van der Waals surface area contributed by atoms with Crippen LogP contribution in [0.1, 0.15) is 36.5 Å². The number of rotatable bonds is 5. The minimum atomic E-state index is -0.0813. The van der Waals surface area contributed by atoms with Gasteiger partial charge in [0.25, 0.3) is 5.91 Å². The van der Waals surface area contributed by atoms with Crippen LogP contribution in [0.4, 0.5) is 11.6 Å². The monoisotopic (exact) mass is 474 g/mol. The van der Waals surface area contributed by atoms with Crippen molar-refractivity contribution in [3.05, 3.63) is 71.5 Å². The van der Waals surface area contributed by atoms with Gasteiger partial charge in [0.1, 0.15) is 0 Å². The quantitative estimate of drug-likeness (QED) is 0.295. The third kappa shape index (κ3) is 4.70. The Labute approximate surface area is 203 Å². The van der Waals surface area contributed by atoms with Gasteiger partial charge in [-0.05, 0) is 55.5 Å². The molecule has 0 bridgehead atoms. The number of hydrogen-bond acceptors (Lipinski definition) is 5. The molecular formula is C26H27ClN6O. The van der Waals surface area contributed by atoms with Gasteiger partial charge in [0.15, 0.2) is 0 Å². The van der Waals surface area contributed by atoms with Gasteiger partial charge in [0.05, 0.1) is 16.9 Å². The molecule has 1 saturated carbocycles. The van der Waals surface area contributed by atoms with Crippen LogP contribution in [0.3, 0.4) is 0 Å². The van der Waals surface area contributed by atoms with E-state index < -0.39 is 0 Å². The second-order valence-corrected chi connectivity index (χ2v) is 9.49. The minimum absolute atomic E-state index is 0.0618. The van der Waals surface area contributed by atoms with Crippen molar-refractivity contribution in [1.82, 2.24) is 20.3 Å². The van der Waals surface area contributed by atoms with Crippen LogP contribution in [0.2, 0.25) is 5.02 Å². The molecule has 34 heavy (non-hydrogen) atoms. The molecule has 0 radical (unpaired) electrons. The number of carbonyl (C=O) groups is 1. The van der Waals surface area contributed by atoms with Gasteiger partial charge in [-0.15, -0.1) is 0 Å². The second-order valence-electron chi connectivity index (χ2n) is 9.08. The standard InChI is InChI=1S/C26H27ClN6O/c1-15-10-18(31-25(34)16-6-8-17(28)9-7-16)12-19(11-15)32-26-30-14-22(27)24(33-26)21-13-29-23-5-3-2-4-20(21)23/h2-9,13-15,18-19,29H,10-12,28H2,1H3,(H,31,34)(H,30,32,33)/t15-,18+,19-/m0/s1. The lowest BCUT2D eigenvalue weighted by Crippen LogP contribution is -2.44. The number of amides is 1. The summed E-state index contributed by atoms with van der Waals surface area (Å²) >= 11 is 6.48. The van der Waals surface area contributed by atoms with Crippen LogP contribution >= 0.6 is 11.6 Å². The number of carbonyl (C=O) groups excluding carboxylic acids is 1. The van der Waals surface area contributed by atoms with E-state index in [1.807, 2.05) is 30.5 Å². The third-order valence-electron chi connectivity index (χ3n) is 6.37. The number of nitrogens with one attached hydrogen (secondary N) is 3. The maximum Gasteiger partial charge on any atom is 0.251 e. The van der Waals surface area contributed by atoms with Crippen LogP contribution in [0.5, 0.6) is 0 Å². The van der Waals surface area contributed by atoms with E-state index >= 15 is 0 Å². The molecule has 5 N–H and O–H groups in total. The summed E-state index contributed by atoms with van der Waals surface area (Å²) in [5.74, 6) is 0.901. The van der Waals surface area contributed by atoms with Crippen molar-refractivity contribution in [1.29, 1.82) is 0 Å². The fraction of sp³-hybridized carbons (Fsp3) is 0.269. The first-order valence-corrected chi connectivity index (χ1v) is 11.9. The highest BCUT2D eigenvalue weighted by molar-refractivity contribution is 6.33. The number of aromatic nitrogens is 3. The predicted octanol–water partition coefficient (Wildman–Crippen LogP) is 5.26. The smallest absolute Gasteiger partial charge is 0.251 e. The van der Waals surface area contributed by atoms with Crippen molar-refractivity contribution >= 4 is 40.0 Å². The summed E-state index contributed by atoms with van der Waals surface area (Å²) in [5.41, 5.74) is 9.65. The number of halogens is 1. The van der Waals surface area contributed by atoms with Gasteiger partial charge in [-0.3, -0.25) is 4.79 Å². The van der Waals surface area contributed by atoms with Crippen LogP contribution in [0.25, 0.3) is 22.2 Å². The molecule has 0 spiro atoms. The van der Waals surface area contributed by atoms with E-state index in [2.05, 4.69) is 27.5 Å². The van der Waals surface area contributed by atoms with Crippen LogP contribution in [-0.4, -0.2) is 32.9 Å². The van der Waals surface area contributed by atoms with Crippen molar-refractivity contribution in [2.45, 2.75) is 38.3 Å². The second kappa shape index (κ2) is 9.35. The summed E-state index contributed by atoms with van der Waals surface area (Å²) in [6, 6.07) is 15.2. The Morgan fingerprint density at radius 1 is 1.09 bits per heavy atom. The van der Waals surface area contributed by atoms with Crippen molar-refractivity contribution in [3.8, 4) is 11.3 Å². The SMILES string of the molecule is C[C@H]1C[C@@H](NC(=O)c2ccc(N)cc2)C[C@@H](Nc2ncc(Cl)c(-c3c[nH]c4ccccc34)n2)C1. The molecule has 1 aliphatic carbocycles. The zero-order valence-electron chi connectivity index (χ0n) is 18.9. The first-order chi connectivity index (χ1) is 16.5. The van der Waals surface area contributed by atoms with E-state index in [9.17, 15) is 4.79 Å². The fourth-order valence-corrected chi connectivity index (χ4v) is 5.01. The number of benzene rings is 2. The van der Waals surface area contributed by atoms with E-state index in [1.165, 1.54) is 0 Å². The first kappa shape index (κ1) is 22.2. The average molecular weight is 475 g/mol. The Hall–Kier alpha value is -3.58. The molecule has 3 atom stereocenters. The number of fused-ring (bicyclic) bond motifs is 1. The van der Waals surface area contributed by atoms with Crippen LogP contribution in [0.15, 0.2) is 60.9 Å². The Morgan fingerprint density at radius 3 is 2.68 bits per heavy atom. The van der Waals surface area contributed by atoms with Gasteiger partial charge in [-0.2, -0.15) is 0 Å². The van der Waals surface area contributed by atoms with E-state index in [-0.39, 0.29) is 18.0 Å². The number of H-pyrrole nitrogens is 1. The normalized spacial score (nSPS) is 20.2. The Balaban J connectivity index is 1.31. The van der Waals surface area contributed by atoms with Crippen LogP contribution in [0, 0.1) is 5.92 Å². The number of hydrogen-bond donors (Lipinski definition) is 4. The maximum atomic E-state index is 12.7. The van der Waals surface area contributed by atoms with Gasteiger partial charge < -0.3 is 21.4 Å². The lowest BCUT2D eigenvalue weighted by Gasteiger charge is -2.34. The highest BCUT2D eigenvalue weighted by atomic mass is 35.5. The number of anilines is 2. The first-order valence-electron chi connectivity index (χ1n) is 11.5. The Morgan fingerprint density at radius 2 is 1.85 bits per heavy atom. The summed E-state index contributed by atoms with van der Waals surface area (Å²) in [7, 11) is 0. The summed E-state index contributed by atoms with van der Waals surface area (Å²) in [4.78, 5) is 25.2. The van der Waals surface area contributed by atoms with Crippen LogP contribution in [-0.2, 0) is 0 Å². The predicted molar refractivity (Wildman–Crippen MR) is 137 cm³/mol. The molecule has 0 aliphatic heterocycles. The highest BCUT2D eigenvalue weighted by Crippen LogP contribution is 2.33. The summed E-state index contributed by atoms with van der Waals surface area (Å²) in [6.07, 6.45) is 6.26. The van der Waals surface area contributed by atoms with Gasteiger partial charge in [0.2, 0.25) is 5.95 Å². The molecular weight excluding hydrogens is 448 g/mol. The van der Waals surface area contributed by atoms with Gasteiger partial charge in [-0.25, -0.2) is 9.97 Å². The molecule has 4 aromatic rings. The van der Waals surface area contributed by atoms with E-state index in [1.54, 1.807) is 30.5 Å². The zero-order valence-corrected chi connectivity index (χ0v) is 19.6. The number of aromatic amines is 1. The molecule has 0 saturated heterocycles. The summed E-state index contributed by atoms with van der Waals surface area (Å²) < 4.78 is 0. The number of para-hydroxylation sites is 1. The zero-order chi connectivity index (χ0) is 23.7. The van der Waals surface area contributed by atoms with E-state index in [4.69, 9.17) is 22.3 Å². The highest BCUT2D eigenvalue weighted by Gasteiger charge is 2.28. The average Bonchev–Trinajstić information content (AvgIpc) is 3.24. The molecule has 5 rings (SSSR count). The number of nitrogens with two attached hydrogens (primary N) is 1. The van der Waals surface area contributed by atoms with Gasteiger partial charge >= 0.3 is 0 Å². The molecule has 2 aromatic heterocycles. The molecule has 1 fully saturated rings. The lowest BCUT2D eigenvalue weighted by atomic mass is 9.83. The number of nitrogens with zero attached hydrogens (tertiary/aromatic N) is 2. The summed E-state index contributed by atoms with van der Waals surface area (Å²) in [6.45, 7) is 2.20. The molecule has 1 aliphatic rings. The Kier molecular flexibility index (Phi) is 6.11. The van der Waals surface area contributed by atoms with Crippen molar-refractivity contribution < 1.29 is 4.79 Å². The molecule has 8 heteroatoms. The lowest BCUT2D eigenvalue weighted by molar-refractivity contribution is 0.0919. The molecule has 1 amide bonds. The fourth-order valence-electron chi connectivity index (χ4n) is 4.82. The topological polar surface area (TPSA) is 109 Å². The molecule has 2 aromatic carbocycles. The van der Waals surface area contributed by atoms with Crippen molar-refractivity contribution in [2.75, 3.05) is 11.1 Å².